The van der Waals surface area contributed by atoms with Crippen LogP contribution in [-0.2, 0) is 4.79 Å². The molecule has 2 aromatic rings. The van der Waals surface area contributed by atoms with Gasteiger partial charge in [-0.05, 0) is 42.6 Å². The fourth-order valence-corrected chi connectivity index (χ4v) is 2.64. The minimum atomic E-state index is -3.02. The zero-order chi connectivity index (χ0) is 18.2. The van der Waals surface area contributed by atoms with Crippen molar-refractivity contribution in [2.45, 2.75) is 13.5 Å². The van der Waals surface area contributed by atoms with E-state index in [0.717, 1.165) is 11.3 Å². The van der Waals surface area contributed by atoms with E-state index in [0.29, 0.717) is 18.0 Å². The molecular formula is C16H16F2N2O4S. The van der Waals surface area contributed by atoms with Gasteiger partial charge in [-0.3, -0.25) is 9.59 Å². The van der Waals surface area contributed by atoms with Crippen molar-refractivity contribution in [2.75, 3.05) is 18.5 Å². The van der Waals surface area contributed by atoms with Gasteiger partial charge >= 0.3 is 6.61 Å². The van der Waals surface area contributed by atoms with E-state index in [1.807, 2.05) is 6.92 Å². The highest BCUT2D eigenvalue weighted by Crippen LogP contribution is 2.26. The number of thiophene rings is 1. The summed E-state index contributed by atoms with van der Waals surface area (Å²) in [6.07, 6.45) is 0. The molecular weight excluding hydrogens is 354 g/mol. The number of carbonyl (C=O) groups is 2. The molecule has 25 heavy (non-hydrogen) atoms. The molecule has 0 atom stereocenters. The molecule has 0 aliphatic rings. The van der Waals surface area contributed by atoms with Gasteiger partial charge < -0.3 is 20.1 Å². The van der Waals surface area contributed by atoms with E-state index >= 15 is 0 Å². The number of hydrogen-bond donors (Lipinski definition) is 2. The SMILES string of the molecule is CCOc1ccc(NC(=O)CNC(=O)c2sccc2OC(F)F)cc1. The average Bonchev–Trinajstić information content (AvgIpc) is 3.02. The maximum atomic E-state index is 12.3. The fourth-order valence-electron chi connectivity index (χ4n) is 1.90. The van der Waals surface area contributed by atoms with Crippen molar-refractivity contribution >= 4 is 28.8 Å². The molecule has 0 saturated heterocycles. The third-order valence-electron chi connectivity index (χ3n) is 2.91. The summed E-state index contributed by atoms with van der Waals surface area (Å²) in [4.78, 5) is 23.8. The van der Waals surface area contributed by atoms with Crippen LogP contribution in [0.4, 0.5) is 14.5 Å². The van der Waals surface area contributed by atoms with E-state index in [-0.39, 0.29) is 17.2 Å². The summed E-state index contributed by atoms with van der Waals surface area (Å²) in [6.45, 7) is -0.927. The van der Waals surface area contributed by atoms with Crippen LogP contribution in [0.3, 0.4) is 0 Å². The van der Waals surface area contributed by atoms with Crippen molar-refractivity contribution in [3.8, 4) is 11.5 Å². The molecule has 2 amide bonds. The quantitative estimate of drug-likeness (QED) is 0.749. The van der Waals surface area contributed by atoms with Crippen LogP contribution < -0.4 is 20.1 Å². The number of alkyl halides is 2. The topological polar surface area (TPSA) is 76.7 Å². The molecule has 134 valence electrons. The molecule has 0 fully saturated rings. The number of anilines is 1. The monoisotopic (exact) mass is 370 g/mol. The molecule has 0 saturated carbocycles. The molecule has 1 aromatic heterocycles. The lowest BCUT2D eigenvalue weighted by Gasteiger charge is -2.09. The summed E-state index contributed by atoms with van der Waals surface area (Å²) < 4.78 is 34.0. The van der Waals surface area contributed by atoms with Gasteiger partial charge in [0.15, 0.2) is 0 Å². The third kappa shape index (κ3) is 5.71. The molecule has 0 aliphatic carbocycles. The third-order valence-corrected chi connectivity index (χ3v) is 3.80. The van der Waals surface area contributed by atoms with Gasteiger partial charge in [-0.25, -0.2) is 0 Å². The van der Waals surface area contributed by atoms with Crippen molar-refractivity contribution in [1.82, 2.24) is 5.32 Å². The van der Waals surface area contributed by atoms with Crippen LogP contribution in [0.5, 0.6) is 11.5 Å². The second kappa shape index (κ2) is 8.97. The number of benzene rings is 1. The number of rotatable bonds is 8. The van der Waals surface area contributed by atoms with Crippen LogP contribution in [0.2, 0.25) is 0 Å². The van der Waals surface area contributed by atoms with Gasteiger partial charge in [0.05, 0.1) is 13.2 Å². The highest BCUT2D eigenvalue weighted by Gasteiger charge is 2.18. The fraction of sp³-hybridized carbons (Fsp3) is 0.250. The van der Waals surface area contributed by atoms with Crippen LogP contribution in [0.15, 0.2) is 35.7 Å². The van der Waals surface area contributed by atoms with Gasteiger partial charge in [-0.2, -0.15) is 8.78 Å². The molecule has 0 radical (unpaired) electrons. The summed E-state index contributed by atoms with van der Waals surface area (Å²) >= 11 is 0.946. The first kappa shape index (κ1) is 18.7. The highest BCUT2D eigenvalue weighted by molar-refractivity contribution is 7.12. The first-order valence-corrected chi connectivity index (χ1v) is 8.20. The van der Waals surface area contributed by atoms with Crippen LogP contribution in [0, 0.1) is 0 Å². The summed E-state index contributed by atoms with van der Waals surface area (Å²) in [5.41, 5.74) is 0.542. The van der Waals surface area contributed by atoms with Crippen molar-refractivity contribution in [3.05, 3.63) is 40.6 Å². The Morgan fingerprint density at radius 3 is 2.56 bits per heavy atom. The van der Waals surface area contributed by atoms with Gasteiger partial charge in [0.2, 0.25) is 5.91 Å². The largest absolute Gasteiger partial charge is 0.494 e. The molecule has 2 rings (SSSR count). The summed E-state index contributed by atoms with van der Waals surface area (Å²) in [5.74, 6) is -0.652. The van der Waals surface area contributed by atoms with E-state index in [4.69, 9.17) is 4.74 Å². The second-order valence-corrected chi connectivity index (χ2v) is 5.60. The Hall–Kier alpha value is -2.68. The van der Waals surface area contributed by atoms with Gasteiger partial charge in [0, 0.05) is 5.69 Å². The molecule has 0 unspecified atom stereocenters. The van der Waals surface area contributed by atoms with Gasteiger partial charge in [0.1, 0.15) is 16.4 Å². The number of carbonyl (C=O) groups excluding carboxylic acids is 2. The van der Waals surface area contributed by atoms with Crippen LogP contribution in [-0.4, -0.2) is 31.6 Å². The van der Waals surface area contributed by atoms with Crippen LogP contribution in [0.25, 0.3) is 0 Å². The maximum Gasteiger partial charge on any atom is 0.387 e. The lowest BCUT2D eigenvalue weighted by molar-refractivity contribution is -0.115. The first-order valence-electron chi connectivity index (χ1n) is 7.32. The van der Waals surface area contributed by atoms with E-state index in [9.17, 15) is 18.4 Å². The predicted molar refractivity (Wildman–Crippen MR) is 89.5 cm³/mol. The summed E-state index contributed by atoms with van der Waals surface area (Å²) in [5, 5.41) is 6.41. The molecule has 9 heteroatoms. The van der Waals surface area contributed by atoms with Crippen molar-refractivity contribution < 1.29 is 27.8 Å². The Bertz CT molecular complexity index is 719. The van der Waals surface area contributed by atoms with E-state index < -0.39 is 18.4 Å². The Balaban J connectivity index is 1.85. The molecule has 1 heterocycles. The normalized spacial score (nSPS) is 10.4. The van der Waals surface area contributed by atoms with Gasteiger partial charge in [-0.15, -0.1) is 11.3 Å². The molecule has 0 aliphatic heterocycles. The molecule has 1 aromatic carbocycles. The Morgan fingerprint density at radius 1 is 1.20 bits per heavy atom. The zero-order valence-electron chi connectivity index (χ0n) is 13.3. The zero-order valence-corrected chi connectivity index (χ0v) is 14.1. The standard InChI is InChI=1S/C16H16F2N2O4S/c1-2-23-11-5-3-10(4-6-11)20-13(21)9-19-15(22)14-12(7-8-25-14)24-16(17)18/h3-8,16H,2,9H2,1H3,(H,19,22)(H,20,21). The Kier molecular flexibility index (Phi) is 6.70. The number of nitrogens with one attached hydrogen (secondary N) is 2. The number of ether oxygens (including phenoxy) is 2. The molecule has 0 spiro atoms. The second-order valence-electron chi connectivity index (χ2n) is 4.68. The molecule has 6 nitrogen and oxygen atoms in total. The Labute approximate surface area is 146 Å². The van der Waals surface area contributed by atoms with Crippen LogP contribution in [0.1, 0.15) is 16.6 Å². The first-order chi connectivity index (χ1) is 12.0. The van der Waals surface area contributed by atoms with Crippen LogP contribution >= 0.6 is 11.3 Å². The van der Waals surface area contributed by atoms with E-state index in [1.165, 1.54) is 11.4 Å². The summed E-state index contributed by atoms with van der Waals surface area (Å²) in [7, 11) is 0. The van der Waals surface area contributed by atoms with Crippen molar-refractivity contribution in [1.29, 1.82) is 0 Å². The number of amides is 2. The minimum Gasteiger partial charge on any atom is -0.494 e. The number of halogens is 2. The van der Waals surface area contributed by atoms with Crippen molar-refractivity contribution in [3.63, 3.8) is 0 Å². The predicted octanol–water partition coefficient (Wildman–Crippen LogP) is 3.12. The minimum absolute atomic E-state index is 0.0193. The maximum absolute atomic E-state index is 12.3. The van der Waals surface area contributed by atoms with Gasteiger partial charge in [-0.1, -0.05) is 0 Å². The lowest BCUT2D eigenvalue weighted by atomic mass is 10.3. The highest BCUT2D eigenvalue weighted by atomic mass is 32.1. The van der Waals surface area contributed by atoms with Gasteiger partial charge in [0.25, 0.3) is 5.91 Å². The van der Waals surface area contributed by atoms with Crippen molar-refractivity contribution in [2.24, 2.45) is 0 Å². The van der Waals surface area contributed by atoms with E-state index in [1.54, 1.807) is 24.3 Å². The summed E-state index contributed by atoms with van der Waals surface area (Å²) in [6, 6.07) is 8.01. The smallest absolute Gasteiger partial charge is 0.387 e. The lowest BCUT2D eigenvalue weighted by Crippen LogP contribution is -2.32. The molecule has 2 N–H and O–H groups in total. The molecule has 0 bridgehead atoms. The average molecular weight is 370 g/mol. The Morgan fingerprint density at radius 2 is 1.92 bits per heavy atom. The van der Waals surface area contributed by atoms with E-state index in [2.05, 4.69) is 15.4 Å². The number of hydrogen-bond acceptors (Lipinski definition) is 5.